The lowest BCUT2D eigenvalue weighted by Gasteiger charge is -2.11. The zero-order valence-electron chi connectivity index (χ0n) is 5.56. The predicted molar refractivity (Wildman–Crippen MR) is 33.0 cm³/mol. The van der Waals surface area contributed by atoms with Gasteiger partial charge in [0.25, 0.3) is 6.02 Å². The highest BCUT2D eigenvalue weighted by Crippen LogP contribution is 1.80. The van der Waals surface area contributed by atoms with Crippen molar-refractivity contribution in [1.29, 1.82) is 5.41 Å². The molecule has 0 saturated carbocycles. The summed E-state index contributed by atoms with van der Waals surface area (Å²) in [5, 5.41) is 7.05. The Morgan fingerprint density at radius 2 is 2.12 bits per heavy atom. The van der Waals surface area contributed by atoms with Crippen LogP contribution in [0.25, 0.3) is 0 Å². The van der Waals surface area contributed by atoms with E-state index >= 15 is 0 Å². The van der Waals surface area contributed by atoms with Gasteiger partial charge in [0.2, 0.25) is 0 Å². The number of hydrogen-bond donors (Lipinski definition) is 1. The molecule has 48 valence electrons. The molecule has 0 unspecified atom stereocenters. The standard InChI is InChI=1S/C5H12N2O/c1-4-8-5(6)7(2)3/h6H,4H2,1-3H3. The Labute approximate surface area is 49.8 Å². The van der Waals surface area contributed by atoms with Crippen LogP contribution in [-0.4, -0.2) is 31.6 Å². The van der Waals surface area contributed by atoms with Crippen LogP contribution in [-0.2, 0) is 4.74 Å². The Kier molecular flexibility index (Phi) is 2.99. The molecule has 0 amide bonds. The highest BCUT2D eigenvalue weighted by molar-refractivity contribution is 5.69. The molecule has 0 saturated heterocycles. The molecule has 0 aliphatic carbocycles. The van der Waals surface area contributed by atoms with Crippen molar-refractivity contribution in [3.8, 4) is 0 Å². The van der Waals surface area contributed by atoms with E-state index < -0.39 is 0 Å². The van der Waals surface area contributed by atoms with E-state index in [9.17, 15) is 0 Å². The number of rotatable bonds is 1. The van der Waals surface area contributed by atoms with Crippen molar-refractivity contribution < 1.29 is 4.74 Å². The molecule has 0 radical (unpaired) electrons. The average Bonchev–Trinajstić information content (AvgIpc) is 1.67. The average molecular weight is 116 g/mol. The molecule has 0 bridgehead atoms. The quantitative estimate of drug-likeness (QED) is 0.400. The van der Waals surface area contributed by atoms with Gasteiger partial charge in [-0.2, -0.15) is 0 Å². The van der Waals surface area contributed by atoms with Crippen molar-refractivity contribution in [3.05, 3.63) is 0 Å². The first-order valence-electron chi connectivity index (χ1n) is 2.57. The molecule has 8 heavy (non-hydrogen) atoms. The van der Waals surface area contributed by atoms with Crippen molar-refractivity contribution >= 4 is 6.02 Å². The highest BCUT2D eigenvalue weighted by Gasteiger charge is 1.94. The number of nitrogens with zero attached hydrogens (tertiary/aromatic N) is 1. The van der Waals surface area contributed by atoms with E-state index in [-0.39, 0.29) is 6.02 Å². The molecule has 0 spiro atoms. The van der Waals surface area contributed by atoms with Crippen LogP contribution in [0.2, 0.25) is 0 Å². The van der Waals surface area contributed by atoms with E-state index in [0.29, 0.717) is 6.61 Å². The Morgan fingerprint density at radius 3 is 2.25 bits per heavy atom. The van der Waals surface area contributed by atoms with Gasteiger partial charge in [-0.1, -0.05) is 0 Å². The lowest BCUT2D eigenvalue weighted by molar-refractivity contribution is 0.271. The van der Waals surface area contributed by atoms with Crippen LogP contribution >= 0.6 is 0 Å². The fraction of sp³-hybridized carbons (Fsp3) is 0.800. The molecule has 3 nitrogen and oxygen atoms in total. The first kappa shape index (κ1) is 7.27. The first-order valence-corrected chi connectivity index (χ1v) is 2.57. The molecule has 0 atom stereocenters. The SMILES string of the molecule is CCOC(=N)N(C)C. The first-order chi connectivity index (χ1) is 3.68. The van der Waals surface area contributed by atoms with Crippen LogP contribution < -0.4 is 0 Å². The normalized spacial score (nSPS) is 8.38. The Balaban J connectivity index is 3.33. The van der Waals surface area contributed by atoms with Crippen molar-refractivity contribution in [2.45, 2.75) is 6.92 Å². The third kappa shape index (κ3) is 2.44. The maximum absolute atomic E-state index is 7.05. The molecular formula is C5H12N2O. The zero-order chi connectivity index (χ0) is 6.57. The summed E-state index contributed by atoms with van der Waals surface area (Å²) in [6, 6.07) is 0.215. The molecular weight excluding hydrogens is 104 g/mol. The summed E-state index contributed by atoms with van der Waals surface area (Å²) < 4.78 is 4.81. The molecule has 0 rings (SSSR count). The Hall–Kier alpha value is -0.730. The molecule has 0 aromatic rings. The van der Waals surface area contributed by atoms with Crippen molar-refractivity contribution in [3.63, 3.8) is 0 Å². The van der Waals surface area contributed by atoms with E-state index in [4.69, 9.17) is 10.1 Å². The van der Waals surface area contributed by atoms with Gasteiger partial charge in [0, 0.05) is 14.1 Å². The minimum atomic E-state index is 0.215. The van der Waals surface area contributed by atoms with Crippen molar-refractivity contribution in [1.82, 2.24) is 4.90 Å². The maximum atomic E-state index is 7.05. The van der Waals surface area contributed by atoms with Gasteiger partial charge in [-0.15, -0.1) is 0 Å². The van der Waals surface area contributed by atoms with Crippen LogP contribution in [0.4, 0.5) is 0 Å². The van der Waals surface area contributed by atoms with Crippen LogP contribution in [0.3, 0.4) is 0 Å². The third-order valence-electron chi connectivity index (χ3n) is 0.687. The summed E-state index contributed by atoms with van der Waals surface area (Å²) in [5.41, 5.74) is 0. The number of nitrogens with one attached hydrogen (secondary N) is 1. The molecule has 0 aliphatic rings. The van der Waals surface area contributed by atoms with E-state index in [0.717, 1.165) is 0 Å². The Bertz CT molecular complexity index is 80.5. The molecule has 3 heteroatoms. The second kappa shape index (κ2) is 3.29. The van der Waals surface area contributed by atoms with E-state index in [2.05, 4.69) is 0 Å². The fourth-order valence-corrected chi connectivity index (χ4v) is 0.266. The minimum absolute atomic E-state index is 0.215. The third-order valence-corrected chi connectivity index (χ3v) is 0.687. The molecule has 0 fully saturated rings. The summed E-state index contributed by atoms with van der Waals surface area (Å²) >= 11 is 0. The van der Waals surface area contributed by atoms with Crippen LogP contribution in [0.5, 0.6) is 0 Å². The van der Waals surface area contributed by atoms with Crippen LogP contribution in [0, 0.1) is 5.41 Å². The lowest BCUT2D eigenvalue weighted by Crippen LogP contribution is -2.23. The van der Waals surface area contributed by atoms with E-state index in [1.54, 1.807) is 19.0 Å². The molecule has 0 heterocycles. The predicted octanol–water partition coefficient (Wildman–Crippen LogP) is 0.519. The van der Waals surface area contributed by atoms with Gasteiger partial charge in [-0.05, 0) is 6.92 Å². The topological polar surface area (TPSA) is 36.3 Å². The summed E-state index contributed by atoms with van der Waals surface area (Å²) in [6.07, 6.45) is 0. The molecule has 1 N–H and O–H groups in total. The number of amidine groups is 1. The van der Waals surface area contributed by atoms with Gasteiger partial charge in [0.05, 0.1) is 6.61 Å². The van der Waals surface area contributed by atoms with Gasteiger partial charge >= 0.3 is 0 Å². The molecule has 0 aliphatic heterocycles. The zero-order valence-corrected chi connectivity index (χ0v) is 5.56. The van der Waals surface area contributed by atoms with Gasteiger partial charge < -0.3 is 9.64 Å². The van der Waals surface area contributed by atoms with Crippen molar-refractivity contribution in [2.24, 2.45) is 0 Å². The smallest absolute Gasteiger partial charge is 0.283 e. The monoisotopic (exact) mass is 116 g/mol. The van der Waals surface area contributed by atoms with E-state index in [1.165, 1.54) is 0 Å². The fourth-order valence-electron chi connectivity index (χ4n) is 0.266. The van der Waals surface area contributed by atoms with Crippen molar-refractivity contribution in [2.75, 3.05) is 20.7 Å². The second-order valence-corrected chi connectivity index (χ2v) is 1.63. The summed E-state index contributed by atoms with van der Waals surface area (Å²) in [4.78, 5) is 1.61. The highest BCUT2D eigenvalue weighted by atomic mass is 16.5. The summed E-state index contributed by atoms with van der Waals surface area (Å²) in [5.74, 6) is 0. The van der Waals surface area contributed by atoms with Gasteiger partial charge in [0.15, 0.2) is 0 Å². The molecule has 0 aromatic heterocycles. The van der Waals surface area contributed by atoms with E-state index in [1.807, 2.05) is 6.92 Å². The second-order valence-electron chi connectivity index (χ2n) is 1.63. The van der Waals surface area contributed by atoms with Crippen LogP contribution in [0.15, 0.2) is 0 Å². The van der Waals surface area contributed by atoms with Crippen LogP contribution in [0.1, 0.15) is 6.92 Å². The maximum Gasteiger partial charge on any atom is 0.283 e. The van der Waals surface area contributed by atoms with Gasteiger partial charge in [-0.3, -0.25) is 5.41 Å². The largest absolute Gasteiger partial charge is 0.466 e. The summed E-state index contributed by atoms with van der Waals surface area (Å²) in [7, 11) is 3.55. The Morgan fingerprint density at radius 1 is 1.62 bits per heavy atom. The lowest BCUT2D eigenvalue weighted by atomic mass is 10.8. The van der Waals surface area contributed by atoms with Gasteiger partial charge in [0.1, 0.15) is 0 Å². The minimum Gasteiger partial charge on any atom is -0.466 e. The number of hydrogen-bond acceptors (Lipinski definition) is 2. The van der Waals surface area contributed by atoms with Gasteiger partial charge in [-0.25, -0.2) is 0 Å². The number of ether oxygens (including phenoxy) is 1. The summed E-state index contributed by atoms with van der Waals surface area (Å²) in [6.45, 7) is 2.43. The molecule has 0 aromatic carbocycles.